The first kappa shape index (κ1) is 16.0. The van der Waals surface area contributed by atoms with Crippen molar-refractivity contribution in [3.05, 3.63) is 29.8 Å². The van der Waals surface area contributed by atoms with Crippen LogP contribution in [-0.4, -0.2) is 47.7 Å². The molecule has 2 aliphatic rings. The summed E-state index contributed by atoms with van der Waals surface area (Å²) in [7, 11) is 0. The van der Waals surface area contributed by atoms with Gasteiger partial charge in [-0.1, -0.05) is 17.3 Å². The largest absolute Gasteiger partial charge is 0.379 e. The van der Waals surface area contributed by atoms with Crippen LogP contribution < -0.4 is 4.90 Å². The highest BCUT2D eigenvalue weighted by Crippen LogP contribution is 2.28. The molecule has 3 rings (SSSR count). The molecule has 1 atom stereocenters. The van der Waals surface area contributed by atoms with Crippen molar-refractivity contribution in [1.82, 2.24) is 4.90 Å². The molecule has 0 saturated carbocycles. The van der Waals surface area contributed by atoms with Crippen molar-refractivity contribution in [2.45, 2.75) is 25.9 Å². The van der Waals surface area contributed by atoms with E-state index < -0.39 is 5.60 Å². The van der Waals surface area contributed by atoms with Gasteiger partial charge >= 0.3 is 0 Å². The number of carbonyl (C=O) groups excluding carboxylic acids is 2. The first-order valence-electron chi connectivity index (χ1n) is 7.75. The van der Waals surface area contributed by atoms with Gasteiger partial charge < -0.3 is 14.6 Å². The third-order valence-electron chi connectivity index (χ3n) is 4.27. The Kier molecular flexibility index (Phi) is 3.97. The molecule has 7 nitrogen and oxygen atoms in total. The Labute approximate surface area is 140 Å². The van der Waals surface area contributed by atoms with E-state index in [2.05, 4.69) is 11.2 Å². The summed E-state index contributed by atoms with van der Waals surface area (Å²) in [4.78, 5) is 33.5. The molecule has 2 aliphatic heterocycles. The number of oxime groups is 1. The predicted octanol–water partition coefficient (Wildman–Crippen LogP) is 1.29. The number of amides is 2. The van der Waals surface area contributed by atoms with E-state index in [1.807, 2.05) is 0 Å². The van der Waals surface area contributed by atoms with Crippen molar-refractivity contribution >= 4 is 23.2 Å². The van der Waals surface area contributed by atoms with Gasteiger partial charge in [0.2, 0.25) is 11.5 Å². The second kappa shape index (κ2) is 5.96. The van der Waals surface area contributed by atoms with Crippen LogP contribution >= 0.6 is 0 Å². The van der Waals surface area contributed by atoms with E-state index in [0.717, 1.165) is 5.71 Å². The summed E-state index contributed by atoms with van der Waals surface area (Å²) in [5.74, 6) is -0.443. The Morgan fingerprint density at radius 2 is 2.12 bits per heavy atom. The fraction of sp³-hybridized carbons (Fsp3) is 0.412. The zero-order valence-corrected chi connectivity index (χ0v) is 13.7. The highest BCUT2D eigenvalue weighted by molar-refractivity contribution is 6.01. The van der Waals surface area contributed by atoms with E-state index >= 15 is 0 Å². The van der Waals surface area contributed by atoms with Gasteiger partial charge in [0.1, 0.15) is 12.6 Å². The Hall–Kier alpha value is -2.88. The van der Waals surface area contributed by atoms with Gasteiger partial charge in [0.25, 0.3) is 5.91 Å². The molecule has 0 unspecified atom stereocenters. The number of para-hydroxylation sites is 1. The molecule has 1 saturated heterocycles. The van der Waals surface area contributed by atoms with Gasteiger partial charge in [-0.15, -0.1) is 0 Å². The topological polar surface area (TPSA) is 86.0 Å². The van der Waals surface area contributed by atoms with Crippen molar-refractivity contribution in [1.29, 1.82) is 5.26 Å². The minimum atomic E-state index is -1.03. The number of carbonyl (C=O) groups is 2. The number of rotatable bonds is 2. The van der Waals surface area contributed by atoms with Gasteiger partial charge in [-0.25, -0.2) is 0 Å². The lowest BCUT2D eigenvalue weighted by Gasteiger charge is -2.37. The van der Waals surface area contributed by atoms with Crippen LogP contribution in [0.2, 0.25) is 0 Å². The number of benzene rings is 1. The second-order valence-electron chi connectivity index (χ2n) is 6.23. The highest BCUT2D eigenvalue weighted by Gasteiger charge is 2.45. The molecule has 2 heterocycles. The molecule has 0 spiro atoms. The molecule has 1 aromatic carbocycles. The molecule has 124 valence electrons. The van der Waals surface area contributed by atoms with E-state index in [4.69, 9.17) is 4.84 Å². The molecule has 0 aromatic heterocycles. The number of hydrogen-bond acceptors (Lipinski definition) is 5. The molecule has 0 radical (unpaired) electrons. The van der Waals surface area contributed by atoms with Crippen LogP contribution in [0.5, 0.6) is 0 Å². The number of nitriles is 1. The lowest BCUT2D eigenvalue weighted by atomic mass is 9.98. The average molecular weight is 326 g/mol. The summed E-state index contributed by atoms with van der Waals surface area (Å²) in [6.45, 7) is 4.20. The molecule has 7 heteroatoms. The van der Waals surface area contributed by atoms with Crippen molar-refractivity contribution in [2.75, 3.05) is 24.5 Å². The van der Waals surface area contributed by atoms with Crippen LogP contribution in [0.25, 0.3) is 0 Å². The van der Waals surface area contributed by atoms with Gasteiger partial charge in [0, 0.05) is 19.5 Å². The van der Waals surface area contributed by atoms with Crippen LogP contribution in [0.4, 0.5) is 5.69 Å². The standard InChI is InChI=1S/C17H18N4O3/c1-12-9-17(2,24-19-12)16(23)20-7-8-21(15(22)11-20)14-6-4-3-5-13(14)10-18/h3-6H,7-9,11H2,1-2H3/t17-/m1/s1. The Balaban J connectivity index is 1.73. The molecule has 0 bridgehead atoms. The SMILES string of the molecule is CC1=NO[C@@](C)(C(=O)N2CCN(c3ccccc3C#N)C(=O)C2)C1. The van der Waals surface area contributed by atoms with Crippen LogP contribution in [0.3, 0.4) is 0 Å². The van der Waals surface area contributed by atoms with E-state index in [0.29, 0.717) is 30.8 Å². The molecular weight excluding hydrogens is 308 g/mol. The van der Waals surface area contributed by atoms with Gasteiger partial charge in [-0.3, -0.25) is 9.59 Å². The lowest BCUT2D eigenvalue weighted by Crippen LogP contribution is -2.57. The number of piperazine rings is 1. The first-order chi connectivity index (χ1) is 11.4. The Morgan fingerprint density at radius 1 is 1.38 bits per heavy atom. The summed E-state index contributed by atoms with van der Waals surface area (Å²) >= 11 is 0. The summed E-state index contributed by atoms with van der Waals surface area (Å²) < 4.78 is 0. The summed E-state index contributed by atoms with van der Waals surface area (Å²) in [5, 5.41) is 13.0. The fourth-order valence-electron chi connectivity index (χ4n) is 3.09. The average Bonchev–Trinajstić information content (AvgIpc) is 2.94. The first-order valence-corrected chi connectivity index (χ1v) is 7.75. The highest BCUT2D eigenvalue weighted by atomic mass is 16.7. The molecule has 24 heavy (non-hydrogen) atoms. The Morgan fingerprint density at radius 3 is 2.75 bits per heavy atom. The van der Waals surface area contributed by atoms with Gasteiger partial charge in [-0.05, 0) is 26.0 Å². The lowest BCUT2D eigenvalue weighted by molar-refractivity contribution is -0.155. The molecule has 1 fully saturated rings. The van der Waals surface area contributed by atoms with E-state index in [-0.39, 0.29) is 18.4 Å². The minimum Gasteiger partial charge on any atom is -0.379 e. The van der Waals surface area contributed by atoms with Gasteiger partial charge in [0.05, 0.1) is 17.0 Å². The number of hydrogen-bond donors (Lipinski definition) is 0. The van der Waals surface area contributed by atoms with Crippen LogP contribution in [-0.2, 0) is 14.4 Å². The molecule has 1 aromatic rings. The van der Waals surface area contributed by atoms with Crippen molar-refractivity contribution < 1.29 is 14.4 Å². The summed E-state index contributed by atoms with van der Waals surface area (Å²) in [6.07, 6.45) is 0.428. The maximum absolute atomic E-state index is 12.7. The van der Waals surface area contributed by atoms with Crippen LogP contribution in [0.15, 0.2) is 29.4 Å². The van der Waals surface area contributed by atoms with Crippen LogP contribution in [0, 0.1) is 11.3 Å². The van der Waals surface area contributed by atoms with Crippen molar-refractivity contribution in [3.8, 4) is 6.07 Å². The maximum Gasteiger partial charge on any atom is 0.270 e. The van der Waals surface area contributed by atoms with Gasteiger partial charge in [-0.2, -0.15) is 5.26 Å². The van der Waals surface area contributed by atoms with E-state index in [1.54, 1.807) is 43.0 Å². The van der Waals surface area contributed by atoms with Crippen molar-refractivity contribution in [2.24, 2.45) is 5.16 Å². The third-order valence-corrected chi connectivity index (χ3v) is 4.27. The van der Waals surface area contributed by atoms with Crippen molar-refractivity contribution in [3.63, 3.8) is 0 Å². The zero-order valence-electron chi connectivity index (χ0n) is 13.7. The second-order valence-corrected chi connectivity index (χ2v) is 6.23. The zero-order chi connectivity index (χ0) is 17.3. The molecule has 2 amide bonds. The fourth-order valence-corrected chi connectivity index (χ4v) is 3.09. The minimum absolute atomic E-state index is 0.0312. The molecular formula is C17H18N4O3. The number of anilines is 1. The number of nitrogens with zero attached hydrogens (tertiary/aromatic N) is 4. The smallest absolute Gasteiger partial charge is 0.270 e. The monoisotopic (exact) mass is 326 g/mol. The van der Waals surface area contributed by atoms with Crippen LogP contribution in [0.1, 0.15) is 25.8 Å². The van der Waals surface area contributed by atoms with Gasteiger partial charge in [0.15, 0.2) is 0 Å². The quantitative estimate of drug-likeness (QED) is 0.819. The summed E-state index contributed by atoms with van der Waals surface area (Å²) in [6, 6.07) is 9.05. The molecule has 0 N–H and O–H groups in total. The normalized spacial score (nSPS) is 23.5. The maximum atomic E-state index is 12.7. The summed E-state index contributed by atoms with van der Waals surface area (Å²) in [5.41, 5.74) is 0.760. The van der Waals surface area contributed by atoms with E-state index in [1.165, 1.54) is 4.90 Å². The predicted molar refractivity (Wildman–Crippen MR) is 87.3 cm³/mol. The Bertz CT molecular complexity index is 767. The molecule has 0 aliphatic carbocycles. The van der Waals surface area contributed by atoms with E-state index in [9.17, 15) is 14.9 Å². The third kappa shape index (κ3) is 2.71.